The predicted molar refractivity (Wildman–Crippen MR) is 111 cm³/mol. The molecule has 2 amide bonds. The Morgan fingerprint density at radius 1 is 1.10 bits per heavy atom. The second-order valence-corrected chi connectivity index (χ2v) is 8.71. The van der Waals surface area contributed by atoms with Crippen LogP contribution < -0.4 is 5.56 Å². The number of aromatic nitrogens is 4. The maximum atomic E-state index is 13.1. The third-order valence-corrected chi connectivity index (χ3v) is 6.41. The highest BCUT2D eigenvalue weighted by Crippen LogP contribution is 2.33. The van der Waals surface area contributed by atoms with Gasteiger partial charge in [0.15, 0.2) is 0 Å². The molecule has 0 spiro atoms. The number of carbonyl (C=O) groups is 2. The molecule has 1 N–H and O–H groups in total. The number of nitrogens with one attached hydrogen (secondary N) is 1. The summed E-state index contributed by atoms with van der Waals surface area (Å²) in [5, 5.41) is 0. The SMILES string of the molecule is Cc1cnc(C(=O)N2CCCCC2c2nc3c(c(=O)[nH]2)CCN(C(=O)C2CC2)C3)cn1. The molecule has 1 saturated heterocycles. The molecule has 9 nitrogen and oxygen atoms in total. The maximum Gasteiger partial charge on any atom is 0.274 e. The van der Waals surface area contributed by atoms with Crippen molar-refractivity contribution >= 4 is 11.8 Å². The summed E-state index contributed by atoms with van der Waals surface area (Å²) in [6.07, 6.45) is 8.06. The van der Waals surface area contributed by atoms with E-state index >= 15 is 0 Å². The zero-order chi connectivity index (χ0) is 21.5. The monoisotopic (exact) mass is 422 g/mol. The number of likely N-dealkylation sites (tertiary alicyclic amines) is 1. The molecule has 5 rings (SSSR count). The number of carbonyl (C=O) groups excluding carboxylic acids is 2. The van der Waals surface area contributed by atoms with Crippen LogP contribution in [0, 0.1) is 12.8 Å². The van der Waals surface area contributed by atoms with Crippen LogP contribution in [0.1, 0.15) is 71.4 Å². The van der Waals surface area contributed by atoms with Gasteiger partial charge >= 0.3 is 0 Å². The number of hydrogen-bond donors (Lipinski definition) is 1. The Bertz CT molecular complexity index is 1080. The van der Waals surface area contributed by atoms with E-state index in [1.807, 2.05) is 11.8 Å². The van der Waals surface area contributed by atoms with Crippen molar-refractivity contribution in [2.45, 2.75) is 58.0 Å². The van der Waals surface area contributed by atoms with Crippen LogP contribution >= 0.6 is 0 Å². The number of rotatable bonds is 3. The molecule has 2 fully saturated rings. The minimum atomic E-state index is -0.322. The van der Waals surface area contributed by atoms with Gasteiger partial charge in [0.25, 0.3) is 11.5 Å². The summed E-state index contributed by atoms with van der Waals surface area (Å²) in [7, 11) is 0. The molecule has 0 bridgehead atoms. The maximum absolute atomic E-state index is 13.1. The van der Waals surface area contributed by atoms with E-state index in [0.29, 0.717) is 48.8 Å². The summed E-state index contributed by atoms with van der Waals surface area (Å²) in [6, 6.07) is -0.322. The van der Waals surface area contributed by atoms with Gasteiger partial charge < -0.3 is 14.8 Å². The molecule has 9 heteroatoms. The number of aromatic amines is 1. The van der Waals surface area contributed by atoms with Gasteiger partial charge in [-0.05, 0) is 45.4 Å². The molecule has 1 unspecified atom stereocenters. The third kappa shape index (κ3) is 3.84. The molecule has 4 heterocycles. The summed E-state index contributed by atoms with van der Waals surface area (Å²) in [5.74, 6) is 0.604. The highest BCUT2D eigenvalue weighted by molar-refractivity contribution is 5.92. The lowest BCUT2D eigenvalue weighted by molar-refractivity contribution is -0.133. The van der Waals surface area contributed by atoms with E-state index < -0.39 is 0 Å². The Balaban J connectivity index is 1.44. The van der Waals surface area contributed by atoms with Gasteiger partial charge in [0, 0.05) is 30.8 Å². The van der Waals surface area contributed by atoms with Crippen LogP contribution in [0.15, 0.2) is 17.2 Å². The molecule has 0 aromatic carbocycles. The van der Waals surface area contributed by atoms with Gasteiger partial charge in [-0.1, -0.05) is 0 Å². The van der Waals surface area contributed by atoms with E-state index in [4.69, 9.17) is 4.98 Å². The van der Waals surface area contributed by atoms with Crippen molar-refractivity contribution < 1.29 is 9.59 Å². The molecule has 1 aliphatic carbocycles. The minimum absolute atomic E-state index is 0.144. The summed E-state index contributed by atoms with van der Waals surface area (Å²) in [5.41, 5.74) is 2.19. The van der Waals surface area contributed by atoms with Crippen molar-refractivity contribution in [3.8, 4) is 0 Å². The normalized spacial score (nSPS) is 21.0. The van der Waals surface area contributed by atoms with Crippen LogP contribution in [-0.2, 0) is 17.8 Å². The first kappa shape index (κ1) is 19.8. The van der Waals surface area contributed by atoms with Crippen molar-refractivity contribution in [2.75, 3.05) is 13.1 Å². The number of piperidine rings is 1. The Kier molecular flexibility index (Phi) is 5.03. The molecule has 162 valence electrons. The summed E-state index contributed by atoms with van der Waals surface area (Å²) in [6.45, 7) is 3.33. The lowest BCUT2D eigenvalue weighted by Crippen LogP contribution is -2.43. The molecule has 2 aromatic rings. The number of H-pyrrole nitrogens is 1. The highest BCUT2D eigenvalue weighted by Gasteiger charge is 2.36. The first-order chi connectivity index (χ1) is 15.0. The van der Waals surface area contributed by atoms with Crippen LogP contribution in [0.4, 0.5) is 0 Å². The van der Waals surface area contributed by atoms with E-state index in [1.54, 1.807) is 11.1 Å². The topological polar surface area (TPSA) is 112 Å². The molecular weight excluding hydrogens is 396 g/mol. The highest BCUT2D eigenvalue weighted by atomic mass is 16.2. The van der Waals surface area contributed by atoms with Gasteiger partial charge in [0.05, 0.1) is 30.2 Å². The van der Waals surface area contributed by atoms with Crippen molar-refractivity contribution in [1.29, 1.82) is 0 Å². The van der Waals surface area contributed by atoms with Crippen LogP contribution in [0.5, 0.6) is 0 Å². The first-order valence-electron chi connectivity index (χ1n) is 11.0. The zero-order valence-corrected chi connectivity index (χ0v) is 17.6. The predicted octanol–water partition coefficient (Wildman–Crippen LogP) is 1.53. The average molecular weight is 422 g/mol. The van der Waals surface area contributed by atoms with Crippen LogP contribution in [0.2, 0.25) is 0 Å². The van der Waals surface area contributed by atoms with E-state index in [2.05, 4.69) is 15.0 Å². The molecule has 2 aromatic heterocycles. The van der Waals surface area contributed by atoms with Gasteiger partial charge in [-0.2, -0.15) is 0 Å². The fourth-order valence-electron chi connectivity index (χ4n) is 4.50. The van der Waals surface area contributed by atoms with Crippen molar-refractivity contribution in [3.05, 3.63) is 51.2 Å². The standard InChI is InChI=1S/C22H26N6O3/c1-13-10-24-16(11-23-13)22(31)28-8-3-2-4-18(28)19-25-17-12-27(21(30)14-5-6-14)9-7-15(17)20(29)26-19/h10-11,14,18H,2-9,12H2,1H3,(H,25,26,29). The van der Waals surface area contributed by atoms with E-state index in [0.717, 1.165) is 37.8 Å². The van der Waals surface area contributed by atoms with E-state index in [1.165, 1.54) is 6.20 Å². The largest absolute Gasteiger partial charge is 0.336 e. The Morgan fingerprint density at radius 2 is 1.94 bits per heavy atom. The second kappa shape index (κ2) is 7.86. The van der Waals surface area contributed by atoms with Gasteiger partial charge in [-0.15, -0.1) is 0 Å². The number of fused-ring (bicyclic) bond motifs is 1. The fourth-order valence-corrected chi connectivity index (χ4v) is 4.50. The molecule has 1 atom stereocenters. The quantitative estimate of drug-likeness (QED) is 0.803. The molecular formula is C22H26N6O3. The summed E-state index contributed by atoms with van der Waals surface area (Å²) < 4.78 is 0. The van der Waals surface area contributed by atoms with E-state index in [9.17, 15) is 14.4 Å². The van der Waals surface area contributed by atoms with Gasteiger partial charge in [-0.3, -0.25) is 19.4 Å². The fraction of sp³-hybridized carbons (Fsp3) is 0.545. The Hall–Kier alpha value is -3.10. The lowest BCUT2D eigenvalue weighted by atomic mass is 9.99. The average Bonchev–Trinajstić information content (AvgIpc) is 3.64. The minimum Gasteiger partial charge on any atom is -0.336 e. The number of hydrogen-bond acceptors (Lipinski definition) is 6. The Morgan fingerprint density at radius 3 is 2.68 bits per heavy atom. The zero-order valence-electron chi connectivity index (χ0n) is 17.6. The Labute approximate surface area is 179 Å². The summed E-state index contributed by atoms with van der Waals surface area (Å²) >= 11 is 0. The lowest BCUT2D eigenvalue weighted by Gasteiger charge is -2.35. The van der Waals surface area contributed by atoms with Gasteiger partial charge in [0.2, 0.25) is 5.91 Å². The van der Waals surface area contributed by atoms with Crippen LogP contribution in [-0.4, -0.2) is 54.6 Å². The molecule has 3 aliphatic rings. The van der Waals surface area contributed by atoms with Crippen LogP contribution in [0.25, 0.3) is 0 Å². The number of nitrogens with zero attached hydrogens (tertiary/aromatic N) is 5. The van der Waals surface area contributed by atoms with Crippen molar-refractivity contribution in [1.82, 2.24) is 29.7 Å². The molecule has 2 aliphatic heterocycles. The number of aryl methyl sites for hydroxylation is 1. The molecule has 0 radical (unpaired) electrons. The smallest absolute Gasteiger partial charge is 0.274 e. The molecule has 1 saturated carbocycles. The van der Waals surface area contributed by atoms with Crippen molar-refractivity contribution in [3.63, 3.8) is 0 Å². The van der Waals surface area contributed by atoms with Gasteiger partial charge in [-0.25, -0.2) is 9.97 Å². The van der Waals surface area contributed by atoms with Gasteiger partial charge in [0.1, 0.15) is 11.5 Å². The number of amides is 2. The third-order valence-electron chi connectivity index (χ3n) is 6.41. The summed E-state index contributed by atoms with van der Waals surface area (Å²) in [4.78, 5) is 58.1. The first-order valence-corrected chi connectivity index (χ1v) is 11.0. The second-order valence-electron chi connectivity index (χ2n) is 8.71. The van der Waals surface area contributed by atoms with Crippen LogP contribution in [0.3, 0.4) is 0 Å². The van der Waals surface area contributed by atoms with E-state index in [-0.39, 0.29) is 29.3 Å². The molecule has 31 heavy (non-hydrogen) atoms. The van der Waals surface area contributed by atoms with Crippen molar-refractivity contribution in [2.24, 2.45) is 5.92 Å².